The number of aromatic nitrogens is 2. The van der Waals surface area contributed by atoms with Crippen LogP contribution in [0.15, 0.2) is 28.7 Å². The lowest BCUT2D eigenvalue weighted by atomic mass is 10.0. The lowest BCUT2D eigenvalue weighted by Crippen LogP contribution is -2.20. The van der Waals surface area contributed by atoms with Gasteiger partial charge in [-0.3, -0.25) is 4.68 Å². The zero-order valence-electron chi connectivity index (χ0n) is 11.2. The van der Waals surface area contributed by atoms with E-state index >= 15 is 0 Å². The van der Waals surface area contributed by atoms with Gasteiger partial charge in [-0.15, -0.1) is 0 Å². The highest BCUT2D eigenvalue weighted by Gasteiger charge is 2.17. The molecule has 1 N–H and O–H groups in total. The van der Waals surface area contributed by atoms with Crippen molar-refractivity contribution in [1.29, 1.82) is 0 Å². The van der Waals surface area contributed by atoms with Crippen molar-refractivity contribution < 1.29 is 0 Å². The first-order chi connectivity index (χ1) is 9.02. The molecular weight excluding hydrogens is 326 g/mol. The van der Waals surface area contributed by atoms with Gasteiger partial charge in [-0.05, 0) is 31.7 Å². The second-order valence-corrected chi connectivity index (χ2v) is 5.86. The van der Waals surface area contributed by atoms with Crippen LogP contribution >= 0.6 is 27.5 Å². The molecule has 19 heavy (non-hydrogen) atoms. The Hall–Kier alpha value is -0.840. The largest absolute Gasteiger partial charge is 0.313 e. The van der Waals surface area contributed by atoms with Crippen molar-refractivity contribution in [2.24, 2.45) is 7.05 Å². The summed E-state index contributed by atoms with van der Waals surface area (Å²) in [4.78, 5) is 0. The molecule has 1 heterocycles. The van der Waals surface area contributed by atoms with Crippen LogP contribution in [-0.2, 0) is 13.5 Å². The van der Waals surface area contributed by atoms with Crippen molar-refractivity contribution >= 4 is 27.5 Å². The summed E-state index contributed by atoms with van der Waals surface area (Å²) in [6, 6.07) is 8.52. The highest BCUT2D eigenvalue weighted by molar-refractivity contribution is 9.10. The first-order valence-corrected chi connectivity index (χ1v) is 7.30. The van der Waals surface area contributed by atoms with Gasteiger partial charge >= 0.3 is 0 Å². The molecule has 5 heteroatoms. The zero-order valence-corrected chi connectivity index (χ0v) is 13.6. The smallest absolute Gasteiger partial charge is 0.0847 e. The van der Waals surface area contributed by atoms with Crippen molar-refractivity contribution in [2.45, 2.75) is 19.4 Å². The second kappa shape index (κ2) is 6.07. The molecule has 2 aromatic rings. The molecule has 0 saturated heterocycles. The predicted octanol–water partition coefficient (Wildman–Crippen LogP) is 3.65. The molecule has 0 spiro atoms. The summed E-state index contributed by atoms with van der Waals surface area (Å²) in [5.74, 6) is 0. The van der Waals surface area contributed by atoms with Gasteiger partial charge in [0.05, 0.1) is 16.4 Å². The highest BCUT2D eigenvalue weighted by Crippen LogP contribution is 2.26. The minimum atomic E-state index is 0.213. The van der Waals surface area contributed by atoms with Gasteiger partial charge in [-0.2, -0.15) is 5.10 Å². The molecule has 1 atom stereocenters. The number of nitrogens with one attached hydrogen (secondary N) is 1. The Morgan fingerprint density at radius 1 is 1.47 bits per heavy atom. The number of likely N-dealkylation sites (N-methyl/N-ethyl adjacent to an activating group) is 1. The van der Waals surface area contributed by atoms with E-state index in [0.717, 1.165) is 27.3 Å². The van der Waals surface area contributed by atoms with Gasteiger partial charge in [-0.1, -0.05) is 39.7 Å². The van der Waals surface area contributed by atoms with Gasteiger partial charge in [0.1, 0.15) is 0 Å². The fourth-order valence-corrected chi connectivity index (χ4v) is 2.86. The Kier molecular flexibility index (Phi) is 4.66. The van der Waals surface area contributed by atoms with Crippen LogP contribution in [0, 0.1) is 6.92 Å². The van der Waals surface area contributed by atoms with E-state index in [1.54, 1.807) is 0 Å². The van der Waals surface area contributed by atoms with Crippen molar-refractivity contribution in [2.75, 3.05) is 7.05 Å². The Morgan fingerprint density at radius 2 is 2.21 bits per heavy atom. The van der Waals surface area contributed by atoms with Crippen molar-refractivity contribution in [1.82, 2.24) is 15.1 Å². The van der Waals surface area contributed by atoms with E-state index in [1.165, 1.54) is 5.56 Å². The molecule has 0 radical (unpaired) electrons. The molecule has 1 aromatic heterocycles. The number of rotatable bonds is 4. The second-order valence-electron chi connectivity index (χ2n) is 4.57. The third kappa shape index (κ3) is 3.19. The topological polar surface area (TPSA) is 29.9 Å². The highest BCUT2D eigenvalue weighted by atomic mass is 79.9. The lowest BCUT2D eigenvalue weighted by molar-refractivity contribution is 0.561. The Bertz CT molecular complexity index is 580. The molecular formula is C14H17BrClN3. The quantitative estimate of drug-likeness (QED) is 0.919. The van der Waals surface area contributed by atoms with E-state index in [1.807, 2.05) is 37.8 Å². The van der Waals surface area contributed by atoms with E-state index in [9.17, 15) is 0 Å². The Labute approximate surface area is 127 Å². The molecule has 0 saturated carbocycles. The third-order valence-electron chi connectivity index (χ3n) is 3.26. The van der Waals surface area contributed by atoms with E-state index in [0.29, 0.717) is 0 Å². The van der Waals surface area contributed by atoms with Crippen molar-refractivity contribution in [3.63, 3.8) is 0 Å². The molecule has 102 valence electrons. The van der Waals surface area contributed by atoms with Gasteiger partial charge in [0.15, 0.2) is 0 Å². The van der Waals surface area contributed by atoms with E-state index < -0.39 is 0 Å². The number of aryl methyl sites for hydroxylation is 2. The van der Waals surface area contributed by atoms with Crippen LogP contribution < -0.4 is 5.32 Å². The van der Waals surface area contributed by atoms with Crippen LogP contribution in [0.5, 0.6) is 0 Å². The lowest BCUT2D eigenvalue weighted by Gasteiger charge is -2.17. The standard InChI is InChI=1S/C14H17BrClN3/c1-9-14(16)13(19(3)18-9)8-12(17-2)10-5-4-6-11(15)7-10/h4-7,12,17H,8H2,1-3H3. The van der Waals surface area contributed by atoms with Crippen LogP contribution in [0.25, 0.3) is 0 Å². The van der Waals surface area contributed by atoms with Crippen molar-refractivity contribution in [3.05, 3.63) is 50.7 Å². The molecule has 0 bridgehead atoms. The zero-order chi connectivity index (χ0) is 14.0. The monoisotopic (exact) mass is 341 g/mol. The SMILES string of the molecule is CNC(Cc1c(Cl)c(C)nn1C)c1cccc(Br)c1. The first-order valence-electron chi connectivity index (χ1n) is 6.13. The van der Waals surface area contributed by atoms with Crippen LogP contribution in [0.3, 0.4) is 0 Å². The van der Waals surface area contributed by atoms with E-state index in [2.05, 4.69) is 38.5 Å². The van der Waals surface area contributed by atoms with Crippen LogP contribution in [0.4, 0.5) is 0 Å². The molecule has 3 nitrogen and oxygen atoms in total. The maximum Gasteiger partial charge on any atom is 0.0847 e. The summed E-state index contributed by atoms with van der Waals surface area (Å²) in [6.45, 7) is 1.93. The van der Waals surface area contributed by atoms with Crippen LogP contribution in [-0.4, -0.2) is 16.8 Å². The number of benzene rings is 1. The molecule has 0 aliphatic rings. The first kappa shape index (κ1) is 14.6. The Morgan fingerprint density at radius 3 is 2.74 bits per heavy atom. The summed E-state index contributed by atoms with van der Waals surface area (Å²) in [5, 5.41) is 8.46. The molecule has 0 aliphatic carbocycles. The minimum Gasteiger partial charge on any atom is -0.313 e. The maximum atomic E-state index is 6.31. The molecule has 2 rings (SSSR count). The van der Waals surface area contributed by atoms with Gasteiger partial charge < -0.3 is 5.32 Å². The van der Waals surface area contributed by atoms with Crippen LogP contribution in [0.2, 0.25) is 5.02 Å². The minimum absolute atomic E-state index is 0.213. The van der Waals surface area contributed by atoms with E-state index in [4.69, 9.17) is 11.6 Å². The fourth-order valence-electron chi connectivity index (χ4n) is 2.21. The summed E-state index contributed by atoms with van der Waals surface area (Å²) >= 11 is 9.82. The average molecular weight is 343 g/mol. The molecule has 0 amide bonds. The number of halogens is 2. The van der Waals surface area contributed by atoms with Gasteiger partial charge in [0, 0.05) is 24.0 Å². The van der Waals surface area contributed by atoms with Gasteiger partial charge in [0.25, 0.3) is 0 Å². The number of nitrogens with zero attached hydrogens (tertiary/aromatic N) is 2. The van der Waals surface area contributed by atoms with Gasteiger partial charge in [0.2, 0.25) is 0 Å². The van der Waals surface area contributed by atoms with Crippen LogP contribution in [0.1, 0.15) is 23.0 Å². The molecule has 0 aliphatic heterocycles. The summed E-state index contributed by atoms with van der Waals surface area (Å²) in [5.41, 5.74) is 3.16. The maximum absolute atomic E-state index is 6.31. The molecule has 1 aromatic carbocycles. The Balaban J connectivity index is 2.29. The molecule has 1 unspecified atom stereocenters. The number of hydrogen-bond acceptors (Lipinski definition) is 2. The predicted molar refractivity (Wildman–Crippen MR) is 82.6 cm³/mol. The summed E-state index contributed by atoms with van der Waals surface area (Å²) in [7, 11) is 3.89. The third-order valence-corrected chi connectivity index (χ3v) is 4.24. The number of hydrogen-bond donors (Lipinski definition) is 1. The summed E-state index contributed by atoms with van der Waals surface area (Å²) in [6.07, 6.45) is 0.809. The average Bonchev–Trinajstić information content (AvgIpc) is 2.61. The van der Waals surface area contributed by atoms with Gasteiger partial charge in [-0.25, -0.2) is 0 Å². The normalized spacial score (nSPS) is 12.7. The molecule has 0 fully saturated rings. The summed E-state index contributed by atoms with van der Waals surface area (Å²) < 4.78 is 2.94. The van der Waals surface area contributed by atoms with E-state index in [-0.39, 0.29) is 6.04 Å². The van der Waals surface area contributed by atoms with Crippen molar-refractivity contribution in [3.8, 4) is 0 Å². The fraction of sp³-hybridized carbons (Fsp3) is 0.357.